The van der Waals surface area contributed by atoms with E-state index in [0.29, 0.717) is 13.2 Å². The lowest BCUT2D eigenvalue weighted by Crippen LogP contribution is -2.41. The monoisotopic (exact) mass is 348 g/mol. The Labute approximate surface area is 148 Å². The molecule has 0 rings (SSSR count). The molecule has 24 heavy (non-hydrogen) atoms. The van der Waals surface area contributed by atoms with E-state index in [1.165, 1.54) is 0 Å². The maximum absolute atomic E-state index is 9.63. The van der Waals surface area contributed by atoms with Crippen LogP contribution in [0.4, 0.5) is 0 Å². The van der Waals surface area contributed by atoms with Crippen molar-refractivity contribution in [2.45, 2.75) is 63.8 Å². The number of methoxy groups -OCH3 is 2. The van der Waals surface area contributed by atoms with Crippen molar-refractivity contribution in [3.63, 3.8) is 0 Å². The topological polar surface area (TPSA) is 83.0 Å². The summed E-state index contributed by atoms with van der Waals surface area (Å²) in [6, 6.07) is 0.0550. The van der Waals surface area contributed by atoms with E-state index in [1.807, 2.05) is 27.1 Å². The Morgan fingerprint density at radius 2 is 1.50 bits per heavy atom. The fraction of sp³-hybridized carbons (Fsp3) is 0.889. The van der Waals surface area contributed by atoms with Crippen molar-refractivity contribution < 1.29 is 19.7 Å². The number of hydrogen-bond donors (Lipinski definition) is 4. The second-order valence-electron chi connectivity index (χ2n) is 5.74. The Bertz CT molecular complexity index is 278. The number of allylic oxidation sites excluding steroid dienone is 1. The zero-order valence-electron chi connectivity index (χ0n) is 16.4. The van der Waals surface area contributed by atoms with Crippen molar-refractivity contribution in [1.29, 1.82) is 0 Å². The summed E-state index contributed by atoms with van der Waals surface area (Å²) in [4.78, 5) is 0. The van der Waals surface area contributed by atoms with E-state index in [-0.39, 0.29) is 18.2 Å². The number of hydrogen-bond acceptors (Lipinski definition) is 6. The molecule has 0 bridgehead atoms. The maximum atomic E-state index is 9.63. The standard InChI is InChI=1S/C9H21NO2.C9H19NO2/c2*1-4-5-6-9(11)8(10-2)7-12-3/h8-11H,4-7H2,1-3H3;5-6,8-11H,4,7H2,1-3H3/b;6-5+. The van der Waals surface area contributed by atoms with Gasteiger partial charge in [-0.05, 0) is 26.9 Å². The molecule has 4 atom stereocenters. The number of unbranched alkanes of at least 4 members (excludes halogenated alkanes) is 1. The van der Waals surface area contributed by atoms with Crippen molar-refractivity contribution in [3.05, 3.63) is 12.2 Å². The van der Waals surface area contributed by atoms with Gasteiger partial charge in [-0.3, -0.25) is 0 Å². The second-order valence-corrected chi connectivity index (χ2v) is 5.74. The third-order valence-electron chi connectivity index (χ3n) is 3.73. The van der Waals surface area contributed by atoms with E-state index >= 15 is 0 Å². The largest absolute Gasteiger partial charge is 0.391 e. The number of aliphatic hydroxyl groups excluding tert-OH is 2. The molecule has 0 heterocycles. The Morgan fingerprint density at radius 3 is 1.92 bits per heavy atom. The summed E-state index contributed by atoms with van der Waals surface area (Å²) in [5, 5.41) is 25.2. The summed E-state index contributed by atoms with van der Waals surface area (Å²) in [6.45, 7) is 5.25. The third-order valence-corrected chi connectivity index (χ3v) is 3.73. The number of ether oxygens (including phenoxy) is 2. The van der Waals surface area contributed by atoms with Gasteiger partial charge < -0.3 is 30.3 Å². The highest BCUT2D eigenvalue weighted by Gasteiger charge is 2.15. The van der Waals surface area contributed by atoms with Gasteiger partial charge in [0.15, 0.2) is 0 Å². The van der Waals surface area contributed by atoms with Crippen molar-refractivity contribution in [3.8, 4) is 0 Å². The highest BCUT2D eigenvalue weighted by atomic mass is 16.5. The van der Waals surface area contributed by atoms with Gasteiger partial charge >= 0.3 is 0 Å². The molecule has 0 aliphatic rings. The van der Waals surface area contributed by atoms with Gasteiger partial charge in [0.2, 0.25) is 0 Å². The molecule has 0 saturated carbocycles. The summed E-state index contributed by atoms with van der Waals surface area (Å²) < 4.78 is 9.91. The average Bonchev–Trinajstić information content (AvgIpc) is 2.60. The molecule has 0 radical (unpaired) electrons. The first-order chi connectivity index (χ1) is 11.5. The predicted molar refractivity (Wildman–Crippen MR) is 100 cm³/mol. The van der Waals surface area contributed by atoms with Crippen LogP contribution in [0.3, 0.4) is 0 Å². The molecule has 0 spiro atoms. The van der Waals surface area contributed by atoms with Gasteiger partial charge in [-0.1, -0.05) is 38.8 Å². The van der Waals surface area contributed by atoms with Gasteiger partial charge in [-0.25, -0.2) is 0 Å². The predicted octanol–water partition coefficient (Wildman–Crippen LogP) is 1.32. The molecule has 6 nitrogen and oxygen atoms in total. The molecule has 0 aromatic carbocycles. The van der Waals surface area contributed by atoms with E-state index in [9.17, 15) is 10.2 Å². The summed E-state index contributed by atoms with van der Waals surface area (Å²) in [6.07, 6.45) is 6.99. The smallest absolute Gasteiger partial charge is 0.0896 e. The molecule has 0 aliphatic carbocycles. The Balaban J connectivity index is 0. The van der Waals surface area contributed by atoms with Gasteiger partial charge in [0.05, 0.1) is 37.5 Å². The first kappa shape index (κ1) is 25.7. The summed E-state index contributed by atoms with van der Waals surface area (Å²) in [5.41, 5.74) is 0. The zero-order chi connectivity index (χ0) is 18.8. The van der Waals surface area contributed by atoms with Crippen LogP contribution in [0.15, 0.2) is 12.2 Å². The van der Waals surface area contributed by atoms with E-state index in [4.69, 9.17) is 9.47 Å². The minimum Gasteiger partial charge on any atom is -0.391 e. The number of aliphatic hydroxyl groups is 2. The molecule has 4 unspecified atom stereocenters. The fourth-order valence-electron chi connectivity index (χ4n) is 2.12. The molecule has 0 aromatic rings. The molecule has 0 aliphatic heterocycles. The van der Waals surface area contributed by atoms with Crippen LogP contribution in [-0.2, 0) is 9.47 Å². The highest BCUT2D eigenvalue weighted by molar-refractivity contribution is 4.94. The molecular formula is C18H40N2O4. The fourth-order valence-corrected chi connectivity index (χ4v) is 2.12. The lowest BCUT2D eigenvalue weighted by Gasteiger charge is -2.21. The Morgan fingerprint density at radius 1 is 0.958 bits per heavy atom. The van der Waals surface area contributed by atoms with Crippen LogP contribution in [0.1, 0.15) is 39.5 Å². The van der Waals surface area contributed by atoms with Crippen LogP contribution in [0.5, 0.6) is 0 Å². The van der Waals surface area contributed by atoms with Gasteiger partial charge in [0.25, 0.3) is 0 Å². The van der Waals surface area contributed by atoms with Crippen LogP contribution in [-0.4, -0.2) is 76.0 Å². The summed E-state index contributed by atoms with van der Waals surface area (Å²) in [7, 11) is 6.93. The van der Waals surface area contributed by atoms with Crippen LogP contribution < -0.4 is 10.6 Å². The normalized spacial score (nSPS) is 16.3. The highest BCUT2D eigenvalue weighted by Crippen LogP contribution is 2.04. The lowest BCUT2D eigenvalue weighted by atomic mass is 10.1. The van der Waals surface area contributed by atoms with Crippen molar-refractivity contribution >= 4 is 0 Å². The number of nitrogens with one attached hydrogen (secondary N) is 2. The number of rotatable bonds is 13. The second kappa shape index (κ2) is 18.8. The Kier molecular flexibility index (Phi) is 20.2. The van der Waals surface area contributed by atoms with Crippen molar-refractivity contribution in [1.82, 2.24) is 10.6 Å². The summed E-state index contributed by atoms with van der Waals surface area (Å²) >= 11 is 0. The van der Waals surface area contributed by atoms with Gasteiger partial charge in [-0.15, -0.1) is 0 Å². The molecule has 0 aromatic heterocycles. The molecule has 4 N–H and O–H groups in total. The van der Waals surface area contributed by atoms with E-state index in [2.05, 4.69) is 17.6 Å². The summed E-state index contributed by atoms with van der Waals surface area (Å²) in [5.74, 6) is 0. The first-order valence-corrected chi connectivity index (χ1v) is 8.87. The molecule has 146 valence electrons. The lowest BCUT2D eigenvalue weighted by molar-refractivity contribution is 0.0670. The van der Waals surface area contributed by atoms with Crippen LogP contribution in [0.2, 0.25) is 0 Å². The quantitative estimate of drug-likeness (QED) is 0.376. The van der Waals surface area contributed by atoms with Crippen molar-refractivity contribution in [2.75, 3.05) is 41.5 Å². The van der Waals surface area contributed by atoms with Gasteiger partial charge in [0, 0.05) is 14.2 Å². The van der Waals surface area contributed by atoms with E-state index in [0.717, 1.165) is 25.7 Å². The van der Waals surface area contributed by atoms with Crippen LogP contribution in [0.25, 0.3) is 0 Å². The van der Waals surface area contributed by atoms with E-state index < -0.39 is 6.10 Å². The van der Waals surface area contributed by atoms with Gasteiger partial charge in [-0.2, -0.15) is 0 Å². The molecule has 0 saturated heterocycles. The zero-order valence-corrected chi connectivity index (χ0v) is 16.4. The minimum atomic E-state index is -0.463. The number of likely N-dealkylation sites (N-methyl/N-ethyl adjacent to an activating group) is 2. The van der Waals surface area contributed by atoms with Crippen molar-refractivity contribution in [2.24, 2.45) is 0 Å². The molecule has 0 amide bonds. The first-order valence-electron chi connectivity index (χ1n) is 8.87. The SMILES string of the molecule is CC/C=C/C(O)C(COC)NC.CCCCC(O)C(COC)NC. The van der Waals surface area contributed by atoms with Crippen LogP contribution >= 0.6 is 0 Å². The molecular weight excluding hydrogens is 308 g/mol. The van der Waals surface area contributed by atoms with E-state index in [1.54, 1.807) is 20.3 Å². The minimum absolute atomic E-state index is 0.0159. The Hall–Kier alpha value is -0.500. The molecule has 0 fully saturated rings. The molecule has 6 heteroatoms. The van der Waals surface area contributed by atoms with Gasteiger partial charge in [0.1, 0.15) is 0 Å². The van der Waals surface area contributed by atoms with Crippen LogP contribution in [0, 0.1) is 0 Å². The maximum Gasteiger partial charge on any atom is 0.0896 e. The average molecular weight is 349 g/mol. The third kappa shape index (κ3) is 13.9.